The number of nitrogens with zero attached hydrogens (tertiary/aromatic N) is 4. The molecular weight excluding hydrogens is 504 g/mol. The average Bonchev–Trinajstić information content (AvgIpc) is 3.19. The van der Waals surface area contributed by atoms with Crippen LogP contribution in [-0.4, -0.2) is 48.0 Å². The minimum Gasteiger partial charge on any atom is -0.477 e. The highest BCUT2D eigenvalue weighted by atomic mass is 32.2. The maximum Gasteiger partial charge on any atom is 0.281 e. The number of nitrogen functional groups attached to an aromatic ring is 1. The van der Waals surface area contributed by atoms with E-state index in [9.17, 15) is 13.2 Å². The topological polar surface area (TPSA) is 140 Å². The molecule has 0 radical (unpaired) electrons. The van der Waals surface area contributed by atoms with Crippen LogP contribution in [0.2, 0.25) is 0 Å². The van der Waals surface area contributed by atoms with Crippen LogP contribution >= 0.6 is 0 Å². The maximum atomic E-state index is 13.4. The number of hydrogen-bond donors (Lipinski definition) is 2. The molecule has 1 saturated heterocycles. The number of hydrogen-bond acceptors (Lipinski definition) is 9. The Kier molecular flexibility index (Phi) is 7.86. The molecular formula is C27H34N6O4S. The summed E-state index contributed by atoms with van der Waals surface area (Å²) >= 11 is 0. The Labute approximate surface area is 223 Å². The number of pyridine rings is 3. The van der Waals surface area contributed by atoms with E-state index in [0.717, 1.165) is 24.1 Å². The summed E-state index contributed by atoms with van der Waals surface area (Å²) in [4.78, 5) is 28.7. The minimum atomic E-state index is -4.24. The highest BCUT2D eigenvalue weighted by Crippen LogP contribution is 2.34. The quantitative estimate of drug-likeness (QED) is 0.436. The van der Waals surface area contributed by atoms with Crippen LogP contribution in [-0.2, 0) is 10.0 Å². The second-order valence-corrected chi connectivity index (χ2v) is 11.7. The first kappa shape index (κ1) is 27.3. The van der Waals surface area contributed by atoms with Crippen molar-refractivity contribution in [2.75, 3.05) is 17.2 Å². The van der Waals surface area contributed by atoms with Crippen LogP contribution in [0.5, 0.6) is 5.88 Å². The predicted octanol–water partition coefficient (Wildman–Crippen LogP) is 3.96. The Bertz CT molecular complexity index is 1430. The van der Waals surface area contributed by atoms with Gasteiger partial charge in [0.25, 0.3) is 15.9 Å². The number of nitrogens with two attached hydrogens (primary N) is 1. The van der Waals surface area contributed by atoms with Gasteiger partial charge in [0.15, 0.2) is 5.03 Å². The summed E-state index contributed by atoms with van der Waals surface area (Å²) in [7, 11) is -4.24. The van der Waals surface area contributed by atoms with Crippen LogP contribution < -0.4 is 20.1 Å². The van der Waals surface area contributed by atoms with E-state index in [-0.39, 0.29) is 28.5 Å². The van der Waals surface area contributed by atoms with Crippen molar-refractivity contribution in [2.24, 2.45) is 5.92 Å². The molecule has 38 heavy (non-hydrogen) atoms. The number of anilines is 2. The molecule has 0 unspecified atom stereocenters. The largest absolute Gasteiger partial charge is 0.477 e. The van der Waals surface area contributed by atoms with Crippen molar-refractivity contribution < 1.29 is 17.9 Å². The Morgan fingerprint density at radius 2 is 1.79 bits per heavy atom. The van der Waals surface area contributed by atoms with Gasteiger partial charge in [0.2, 0.25) is 5.88 Å². The number of ether oxygens (including phenoxy) is 1. The lowest BCUT2D eigenvalue weighted by Crippen LogP contribution is -2.37. The van der Waals surface area contributed by atoms with Crippen LogP contribution in [0.15, 0.2) is 47.5 Å². The Hall–Kier alpha value is -3.73. The highest BCUT2D eigenvalue weighted by molar-refractivity contribution is 7.90. The zero-order valence-electron chi connectivity index (χ0n) is 22.3. The molecule has 0 spiro atoms. The number of rotatable bonds is 8. The maximum absolute atomic E-state index is 13.4. The van der Waals surface area contributed by atoms with Gasteiger partial charge in [-0.25, -0.2) is 19.7 Å². The van der Waals surface area contributed by atoms with Crippen LogP contribution in [0.25, 0.3) is 11.3 Å². The molecule has 0 bridgehead atoms. The summed E-state index contributed by atoms with van der Waals surface area (Å²) in [6.45, 7) is 10.7. The van der Waals surface area contributed by atoms with Gasteiger partial charge in [0, 0.05) is 23.7 Å². The van der Waals surface area contributed by atoms with E-state index >= 15 is 0 Å². The van der Waals surface area contributed by atoms with Crippen LogP contribution in [0.1, 0.15) is 56.6 Å². The molecule has 0 aliphatic carbocycles. The molecule has 3 N–H and O–H groups in total. The van der Waals surface area contributed by atoms with Gasteiger partial charge in [-0.2, -0.15) is 8.42 Å². The minimum absolute atomic E-state index is 0.0383. The van der Waals surface area contributed by atoms with E-state index in [1.54, 1.807) is 18.2 Å². The van der Waals surface area contributed by atoms with E-state index in [4.69, 9.17) is 15.5 Å². The average molecular weight is 539 g/mol. The molecule has 1 fully saturated rings. The van der Waals surface area contributed by atoms with Crippen molar-refractivity contribution in [3.05, 3.63) is 53.7 Å². The number of nitrogens with one attached hydrogen (secondary N) is 1. The summed E-state index contributed by atoms with van der Waals surface area (Å²) in [6.07, 6.45) is 1.87. The summed E-state index contributed by atoms with van der Waals surface area (Å²) in [5.41, 5.74) is 7.96. The first-order valence-electron chi connectivity index (χ1n) is 12.7. The van der Waals surface area contributed by atoms with Gasteiger partial charge >= 0.3 is 0 Å². The Balaban J connectivity index is 1.72. The predicted molar refractivity (Wildman–Crippen MR) is 146 cm³/mol. The van der Waals surface area contributed by atoms with E-state index < -0.39 is 15.9 Å². The SMILES string of the molecule is Cc1nc(OCC(C)C)ccc1-c1ccc(C(=O)NS(=O)(=O)c2cccc(N)n2)c(N2[C@H](C)CC[C@@H]2C)n1. The molecule has 0 saturated carbocycles. The lowest BCUT2D eigenvalue weighted by atomic mass is 10.1. The number of aromatic nitrogens is 3. The van der Waals surface area contributed by atoms with Gasteiger partial charge in [0.05, 0.1) is 23.6 Å². The zero-order valence-corrected chi connectivity index (χ0v) is 23.1. The lowest BCUT2D eigenvalue weighted by molar-refractivity contribution is 0.0981. The Morgan fingerprint density at radius 3 is 2.42 bits per heavy atom. The number of amides is 1. The first-order chi connectivity index (χ1) is 18.0. The second-order valence-electron chi connectivity index (χ2n) is 10.1. The van der Waals surface area contributed by atoms with Crippen molar-refractivity contribution in [1.82, 2.24) is 19.7 Å². The number of carbonyl (C=O) groups is 1. The van der Waals surface area contributed by atoms with Crippen molar-refractivity contribution >= 4 is 27.6 Å². The molecule has 0 aromatic carbocycles. The number of sulfonamides is 1. The molecule has 11 heteroatoms. The van der Waals surface area contributed by atoms with Gasteiger partial charge in [-0.3, -0.25) is 4.79 Å². The second kappa shape index (κ2) is 10.9. The van der Waals surface area contributed by atoms with Gasteiger partial charge in [0.1, 0.15) is 11.6 Å². The fourth-order valence-electron chi connectivity index (χ4n) is 4.54. The third kappa shape index (κ3) is 5.88. The van der Waals surface area contributed by atoms with E-state index in [0.29, 0.717) is 29.9 Å². The fraction of sp³-hybridized carbons (Fsp3) is 0.407. The number of carbonyl (C=O) groups excluding carboxylic acids is 1. The van der Waals surface area contributed by atoms with Crippen LogP contribution in [0.3, 0.4) is 0 Å². The van der Waals surface area contributed by atoms with Crippen molar-refractivity contribution in [3.63, 3.8) is 0 Å². The third-order valence-corrected chi connectivity index (χ3v) is 7.70. The lowest BCUT2D eigenvalue weighted by Gasteiger charge is -2.29. The van der Waals surface area contributed by atoms with Gasteiger partial charge < -0.3 is 15.4 Å². The fourth-order valence-corrected chi connectivity index (χ4v) is 5.48. The van der Waals surface area contributed by atoms with Crippen molar-refractivity contribution in [3.8, 4) is 17.1 Å². The summed E-state index contributed by atoms with van der Waals surface area (Å²) in [5, 5.41) is -0.332. The number of aryl methyl sites for hydroxylation is 1. The molecule has 3 aromatic rings. The summed E-state index contributed by atoms with van der Waals surface area (Å²) in [5.74, 6) is 0.590. The van der Waals surface area contributed by atoms with Crippen molar-refractivity contribution in [2.45, 2.75) is 64.6 Å². The normalized spacial score (nSPS) is 17.6. The molecule has 202 valence electrons. The molecule has 4 rings (SSSR count). The van der Waals surface area contributed by atoms with Crippen LogP contribution in [0, 0.1) is 12.8 Å². The van der Waals surface area contributed by atoms with Crippen LogP contribution in [0.4, 0.5) is 11.6 Å². The smallest absolute Gasteiger partial charge is 0.281 e. The van der Waals surface area contributed by atoms with Crippen molar-refractivity contribution in [1.29, 1.82) is 0 Å². The van der Waals surface area contributed by atoms with E-state index in [1.807, 2.05) is 13.0 Å². The summed E-state index contributed by atoms with van der Waals surface area (Å²) < 4.78 is 33.7. The Morgan fingerprint density at radius 1 is 1.08 bits per heavy atom. The molecule has 3 aromatic heterocycles. The molecule has 1 aliphatic heterocycles. The van der Waals surface area contributed by atoms with Gasteiger partial charge in [-0.1, -0.05) is 19.9 Å². The monoisotopic (exact) mass is 538 g/mol. The molecule has 2 atom stereocenters. The molecule has 1 aliphatic rings. The van der Waals surface area contributed by atoms with E-state index in [2.05, 4.69) is 47.3 Å². The van der Waals surface area contributed by atoms with Gasteiger partial charge in [-0.15, -0.1) is 0 Å². The third-order valence-electron chi connectivity index (χ3n) is 6.46. The molecule has 1 amide bonds. The summed E-state index contributed by atoms with van der Waals surface area (Å²) in [6, 6.07) is 11.5. The standard InChI is InChI=1S/C27H34N6O4S/c1-16(2)15-37-24-14-12-20(19(5)29-24)22-13-11-21(26(30-22)33-17(3)9-10-18(33)4)27(34)32-38(35,36)25-8-6-7-23(28)31-25/h6-8,11-14,16-18H,9-10,15H2,1-5H3,(H2,28,31)(H,32,34)/t17-,18+. The molecule has 10 nitrogen and oxygen atoms in total. The van der Waals surface area contributed by atoms with E-state index in [1.165, 1.54) is 18.2 Å². The highest BCUT2D eigenvalue weighted by Gasteiger charge is 2.33. The zero-order chi connectivity index (χ0) is 27.6. The molecule has 4 heterocycles. The first-order valence-corrected chi connectivity index (χ1v) is 14.1. The van der Waals surface area contributed by atoms with Gasteiger partial charge in [-0.05, 0) is 69.9 Å².